The van der Waals surface area contributed by atoms with Gasteiger partial charge in [0.25, 0.3) is 0 Å². The number of hydrogen-bond acceptors (Lipinski definition) is 12. The zero-order chi connectivity index (χ0) is 57.6. The summed E-state index contributed by atoms with van der Waals surface area (Å²) in [4.78, 5) is 77.5. The second-order valence-electron chi connectivity index (χ2n) is 21.0. The molecule has 6 heterocycles. The van der Waals surface area contributed by atoms with Crippen LogP contribution in [-0.2, 0) is 30.0 Å². The molecule has 6 aromatic rings. The van der Waals surface area contributed by atoms with Crippen molar-refractivity contribution in [1.29, 1.82) is 0 Å². The maximum Gasteiger partial charge on any atom is 0.416 e. The minimum atomic E-state index is -4.49. The summed E-state index contributed by atoms with van der Waals surface area (Å²) in [7, 11) is 6.61. The summed E-state index contributed by atoms with van der Waals surface area (Å²) >= 11 is 0. The van der Waals surface area contributed by atoms with E-state index in [9.17, 15) is 32.3 Å². The number of benzene rings is 4. The van der Waals surface area contributed by atoms with Gasteiger partial charge in [0.15, 0.2) is 11.6 Å². The highest BCUT2D eigenvalue weighted by atomic mass is 31.0. The van der Waals surface area contributed by atoms with Crippen molar-refractivity contribution in [2.45, 2.75) is 107 Å². The van der Waals surface area contributed by atoms with E-state index in [0.717, 1.165) is 23.0 Å². The van der Waals surface area contributed by atoms with Crippen LogP contribution in [0.5, 0.6) is 0 Å². The minimum absolute atomic E-state index is 0.144. The third-order valence-electron chi connectivity index (χ3n) is 16.3. The molecular weight excluding hydrogens is 1080 g/mol. The topological polar surface area (TPSA) is 194 Å². The molecule has 0 saturated carbocycles. The Hall–Kier alpha value is -7.33. The zero-order valence-corrected chi connectivity index (χ0v) is 46.5. The lowest BCUT2D eigenvalue weighted by atomic mass is 10.0. The number of methoxy groups -OCH3 is 3. The molecule has 81 heavy (non-hydrogen) atoms. The van der Waals surface area contributed by atoms with Gasteiger partial charge < -0.3 is 59.3 Å². The van der Waals surface area contributed by atoms with Crippen LogP contribution in [0.2, 0.25) is 0 Å². The average Bonchev–Trinajstić information content (AvgIpc) is 4.05. The standard InChI is InChI=1S/C56H64F6N11O7P/c1-6-38(67-54(76)79-4)52(74)71-17-7-9-45(71)50-64-40-26-34(47(81)28-42(40)66-50)44-16-15-43(73(44)32-23-36(58)49(37(59)24-32)70-21-19-69(20-22-70)31-13-11-30(12-14-31)56(60,61)62)33-25-39-41(27-35(33)57)65-51(63-39)46-10-8-18-72(46)53(75)48(29(2)78-3)68-55(77)80-5/h11-14,23-29,38,43-46,48H,6-10,15-22,81H2,1-5H3,(H,63,65)(H,64,66)(H,67,76)(H,68,77)/t29-,38+,43-,44-,45+,46+,48+/m1/s1. The van der Waals surface area contributed by atoms with E-state index in [1.807, 2.05) is 21.9 Å². The van der Waals surface area contributed by atoms with Crippen molar-refractivity contribution >= 4 is 77.7 Å². The van der Waals surface area contributed by atoms with Crippen LogP contribution in [-0.4, -0.2) is 133 Å². The third kappa shape index (κ3) is 11.2. The number of likely N-dealkylation sites (tertiary alicyclic amines) is 2. The predicted molar refractivity (Wildman–Crippen MR) is 294 cm³/mol. The lowest BCUT2D eigenvalue weighted by Gasteiger charge is -2.38. The number of ether oxygens (including phenoxy) is 3. The highest BCUT2D eigenvalue weighted by molar-refractivity contribution is 7.27. The Morgan fingerprint density at radius 1 is 0.667 bits per heavy atom. The lowest BCUT2D eigenvalue weighted by Crippen LogP contribution is -2.54. The second kappa shape index (κ2) is 23.3. The number of H-pyrrole nitrogens is 2. The fraction of sp³-hybridized carbons (Fsp3) is 0.464. The summed E-state index contributed by atoms with van der Waals surface area (Å²) in [6.45, 7) is 5.16. The lowest BCUT2D eigenvalue weighted by molar-refractivity contribution is -0.138. The number of fused-ring (bicyclic) bond motifs is 2. The number of hydrogen-bond donors (Lipinski definition) is 4. The molecule has 1 unspecified atom stereocenters. The van der Waals surface area contributed by atoms with Crippen LogP contribution in [0.25, 0.3) is 22.1 Å². The van der Waals surface area contributed by atoms with E-state index < -0.39 is 89.6 Å². The predicted octanol–water partition coefficient (Wildman–Crippen LogP) is 9.01. The van der Waals surface area contributed by atoms with Crippen LogP contribution in [0, 0.1) is 17.5 Å². The van der Waals surface area contributed by atoms with Gasteiger partial charge in [-0.05, 0) is 123 Å². The number of aromatic nitrogens is 4. The summed E-state index contributed by atoms with van der Waals surface area (Å²) in [5, 5.41) is 5.94. The first-order chi connectivity index (χ1) is 38.8. The van der Waals surface area contributed by atoms with Crippen molar-refractivity contribution in [2.24, 2.45) is 0 Å². The normalized spacial score (nSPS) is 20.8. The number of anilines is 3. The number of carbonyl (C=O) groups is 4. The van der Waals surface area contributed by atoms with Gasteiger partial charge in [-0.15, -0.1) is 9.24 Å². The van der Waals surface area contributed by atoms with E-state index in [2.05, 4.69) is 29.8 Å². The molecule has 0 aliphatic carbocycles. The van der Waals surface area contributed by atoms with Crippen LogP contribution in [0.3, 0.4) is 0 Å². The quantitative estimate of drug-likeness (QED) is 0.0599. The number of halogens is 6. The molecular formula is C56H64F6N11O7P. The van der Waals surface area contributed by atoms with E-state index in [-0.39, 0.29) is 49.0 Å². The Morgan fingerprint density at radius 2 is 1.20 bits per heavy atom. The van der Waals surface area contributed by atoms with Gasteiger partial charge >= 0.3 is 18.4 Å². The van der Waals surface area contributed by atoms with Crippen LogP contribution >= 0.6 is 9.24 Å². The molecule has 10 rings (SSSR count). The molecule has 2 aromatic heterocycles. The van der Waals surface area contributed by atoms with Gasteiger partial charge in [-0.2, -0.15) is 13.2 Å². The molecule has 0 spiro atoms. The fourth-order valence-electron chi connectivity index (χ4n) is 12.1. The van der Waals surface area contributed by atoms with Crippen molar-refractivity contribution in [3.8, 4) is 0 Å². The molecule has 432 valence electrons. The number of carbonyl (C=O) groups excluding carboxylic acids is 4. The van der Waals surface area contributed by atoms with E-state index in [1.54, 1.807) is 34.6 Å². The smallest absolute Gasteiger partial charge is 0.416 e. The highest BCUT2D eigenvalue weighted by Crippen LogP contribution is 2.50. The van der Waals surface area contributed by atoms with Gasteiger partial charge in [-0.25, -0.2) is 32.7 Å². The summed E-state index contributed by atoms with van der Waals surface area (Å²) in [6.07, 6.45) is -3.16. The summed E-state index contributed by atoms with van der Waals surface area (Å²) in [5.74, 6) is -2.03. The highest BCUT2D eigenvalue weighted by Gasteiger charge is 2.42. The van der Waals surface area contributed by atoms with Crippen molar-refractivity contribution in [2.75, 3.05) is 75.3 Å². The molecule has 0 bridgehead atoms. The van der Waals surface area contributed by atoms with Crippen molar-refractivity contribution in [1.82, 2.24) is 40.4 Å². The Morgan fingerprint density at radius 3 is 1.75 bits per heavy atom. The Labute approximate surface area is 465 Å². The number of alkyl halides is 3. The SMILES string of the molecule is CC[C@H](NC(=O)OC)C(=O)N1CCC[C@H]1c1nc2cc([C@H]3CC[C@H](c4cc5nc([C@@H]6CCCN6C(=O)[C@@H](NC(=O)OC)[C@@H](C)OC)[nH]c5cc4F)N3c3cc(F)c(N4CCN(c5ccc(C(F)(F)F)cc5)CC4)c(F)c3)c(P)cc2[nH]1. The molecule has 4 aromatic carbocycles. The van der Waals surface area contributed by atoms with Gasteiger partial charge in [-0.1, -0.05) is 6.92 Å². The molecule has 4 amide bonds. The van der Waals surface area contributed by atoms with Crippen LogP contribution in [0.1, 0.15) is 111 Å². The number of rotatable bonds is 14. The second-order valence-corrected chi connectivity index (χ2v) is 21.6. The van der Waals surface area contributed by atoms with Crippen LogP contribution in [0.4, 0.5) is 53.0 Å². The van der Waals surface area contributed by atoms with E-state index in [4.69, 9.17) is 24.2 Å². The maximum atomic E-state index is 17.1. The largest absolute Gasteiger partial charge is 0.453 e. The van der Waals surface area contributed by atoms with Gasteiger partial charge in [-0.3, -0.25) is 9.59 Å². The number of alkyl carbamates (subject to hydrolysis) is 2. The molecule has 8 atom stereocenters. The van der Waals surface area contributed by atoms with Gasteiger partial charge in [0.05, 0.1) is 72.1 Å². The minimum Gasteiger partial charge on any atom is -0.453 e. The summed E-state index contributed by atoms with van der Waals surface area (Å²) in [5.41, 5.74) is 2.61. The van der Waals surface area contributed by atoms with E-state index in [0.29, 0.717) is 97.4 Å². The Kier molecular flexibility index (Phi) is 16.3. The maximum absolute atomic E-state index is 17.1. The molecule has 25 heteroatoms. The summed E-state index contributed by atoms with van der Waals surface area (Å²) < 4.78 is 106. The fourth-order valence-corrected chi connectivity index (χ4v) is 12.6. The van der Waals surface area contributed by atoms with E-state index in [1.165, 1.54) is 51.7 Å². The number of nitrogens with one attached hydrogen (secondary N) is 4. The molecule has 4 aliphatic heterocycles. The number of aromatic amines is 2. The number of amides is 4. The van der Waals surface area contributed by atoms with Gasteiger partial charge in [0, 0.05) is 63.3 Å². The number of nitrogens with zero attached hydrogens (tertiary/aromatic N) is 7. The van der Waals surface area contributed by atoms with Crippen LogP contribution < -0.4 is 30.6 Å². The first kappa shape index (κ1) is 56.9. The van der Waals surface area contributed by atoms with Gasteiger partial charge in [0.1, 0.15) is 35.2 Å². The number of imidazole rings is 2. The van der Waals surface area contributed by atoms with Crippen LogP contribution in [0.15, 0.2) is 60.7 Å². The molecule has 0 radical (unpaired) electrons. The average molecular weight is 1150 g/mol. The third-order valence-corrected chi connectivity index (χ3v) is 16.8. The summed E-state index contributed by atoms with van der Waals surface area (Å²) in [6, 6.07) is 9.81. The Balaban J connectivity index is 0.984. The molecule has 4 N–H and O–H groups in total. The first-order valence-electron chi connectivity index (χ1n) is 27.1. The van der Waals surface area contributed by atoms with E-state index >= 15 is 13.2 Å². The zero-order valence-electron chi connectivity index (χ0n) is 45.3. The molecule has 4 fully saturated rings. The Bertz CT molecular complexity index is 3310. The molecule has 4 aliphatic rings. The van der Waals surface area contributed by atoms with Crippen molar-refractivity contribution < 1.29 is 59.7 Å². The monoisotopic (exact) mass is 1150 g/mol. The number of piperazine rings is 1. The van der Waals surface area contributed by atoms with Crippen molar-refractivity contribution in [3.63, 3.8) is 0 Å². The first-order valence-corrected chi connectivity index (χ1v) is 27.6. The molecule has 4 saturated heterocycles. The van der Waals surface area contributed by atoms with Crippen molar-refractivity contribution in [3.05, 3.63) is 106 Å². The molecule has 18 nitrogen and oxygen atoms in total. The van der Waals surface area contributed by atoms with Gasteiger partial charge in [0.2, 0.25) is 11.8 Å².